The third kappa shape index (κ3) is 2.89. The molecule has 0 aliphatic carbocycles. The number of rotatable bonds is 3. The Morgan fingerprint density at radius 2 is 1.90 bits per heavy atom. The van der Waals surface area contributed by atoms with Crippen molar-refractivity contribution in [2.45, 2.75) is 19.5 Å². The third-order valence-corrected chi connectivity index (χ3v) is 4.29. The first-order chi connectivity index (χ1) is 9.74. The Kier molecular flexibility index (Phi) is 4.08. The van der Waals surface area contributed by atoms with Crippen LogP contribution in [0.4, 0.5) is 0 Å². The van der Waals surface area contributed by atoms with Crippen molar-refractivity contribution in [3.63, 3.8) is 0 Å². The highest BCUT2D eigenvalue weighted by Gasteiger charge is 2.26. The van der Waals surface area contributed by atoms with Crippen LogP contribution in [0.15, 0.2) is 53.0 Å². The summed E-state index contributed by atoms with van der Waals surface area (Å²) in [7, 11) is 0. The van der Waals surface area contributed by atoms with E-state index in [0.717, 1.165) is 23.4 Å². The van der Waals surface area contributed by atoms with Crippen molar-refractivity contribution in [3.8, 4) is 5.75 Å². The molecule has 0 fully saturated rings. The van der Waals surface area contributed by atoms with Gasteiger partial charge in [-0.2, -0.15) is 0 Å². The van der Waals surface area contributed by atoms with Gasteiger partial charge in [0.05, 0.1) is 6.61 Å². The number of hydrogen-bond acceptors (Lipinski definition) is 2. The molecule has 1 heterocycles. The molecule has 0 radical (unpaired) electrons. The zero-order chi connectivity index (χ0) is 13.9. The van der Waals surface area contributed by atoms with Crippen LogP contribution in [0.25, 0.3) is 0 Å². The van der Waals surface area contributed by atoms with Crippen LogP contribution in [0, 0.1) is 5.92 Å². The normalized spacial score (nSPS) is 21.1. The van der Waals surface area contributed by atoms with Gasteiger partial charge in [0.15, 0.2) is 0 Å². The van der Waals surface area contributed by atoms with Crippen LogP contribution in [0.5, 0.6) is 5.75 Å². The van der Waals surface area contributed by atoms with Gasteiger partial charge in [0.2, 0.25) is 0 Å². The molecular weight excluding hydrogens is 314 g/mol. The van der Waals surface area contributed by atoms with E-state index in [1.807, 2.05) is 6.07 Å². The summed E-state index contributed by atoms with van der Waals surface area (Å²) in [6, 6.07) is 17.1. The Bertz CT molecular complexity index is 582. The summed E-state index contributed by atoms with van der Waals surface area (Å²) in [6.45, 7) is 3.88. The highest BCUT2D eigenvalue weighted by molar-refractivity contribution is 9.10. The largest absolute Gasteiger partial charge is 0.493 e. The Balaban J connectivity index is 1.75. The second-order valence-electron chi connectivity index (χ2n) is 5.31. The Morgan fingerprint density at radius 3 is 2.70 bits per heavy atom. The minimum Gasteiger partial charge on any atom is -0.493 e. The molecule has 20 heavy (non-hydrogen) atoms. The van der Waals surface area contributed by atoms with E-state index in [4.69, 9.17) is 4.74 Å². The zero-order valence-electron chi connectivity index (χ0n) is 11.5. The highest BCUT2D eigenvalue weighted by Crippen LogP contribution is 2.35. The van der Waals surface area contributed by atoms with Crippen molar-refractivity contribution in [1.29, 1.82) is 0 Å². The molecule has 1 aliphatic rings. The van der Waals surface area contributed by atoms with E-state index in [0.29, 0.717) is 12.0 Å². The van der Waals surface area contributed by atoms with E-state index in [9.17, 15) is 0 Å². The fourth-order valence-electron chi connectivity index (χ4n) is 2.63. The molecule has 0 amide bonds. The number of hydrogen-bond donors (Lipinski definition) is 1. The van der Waals surface area contributed by atoms with Crippen LogP contribution in [0.2, 0.25) is 0 Å². The average Bonchev–Trinajstić information content (AvgIpc) is 2.48. The minimum absolute atomic E-state index is 0.351. The van der Waals surface area contributed by atoms with Crippen LogP contribution in [0.3, 0.4) is 0 Å². The molecule has 0 spiro atoms. The average molecular weight is 332 g/mol. The van der Waals surface area contributed by atoms with E-state index in [2.05, 4.69) is 70.6 Å². The predicted molar refractivity (Wildman–Crippen MR) is 84.8 cm³/mol. The lowest BCUT2D eigenvalue weighted by Gasteiger charge is -2.32. The molecule has 2 aromatic rings. The van der Waals surface area contributed by atoms with E-state index in [1.54, 1.807) is 0 Å². The van der Waals surface area contributed by atoms with Gasteiger partial charge in [0.1, 0.15) is 5.75 Å². The molecule has 0 saturated heterocycles. The minimum atomic E-state index is 0.351. The van der Waals surface area contributed by atoms with Gasteiger partial charge in [0, 0.05) is 28.5 Å². The second kappa shape index (κ2) is 5.98. The van der Waals surface area contributed by atoms with E-state index < -0.39 is 0 Å². The molecule has 3 heteroatoms. The van der Waals surface area contributed by atoms with E-state index in [-0.39, 0.29) is 0 Å². The first-order valence-corrected chi connectivity index (χ1v) is 7.73. The molecule has 2 aromatic carbocycles. The maximum Gasteiger partial charge on any atom is 0.124 e. The van der Waals surface area contributed by atoms with Crippen molar-refractivity contribution >= 4 is 15.9 Å². The maximum atomic E-state index is 5.79. The van der Waals surface area contributed by atoms with Gasteiger partial charge >= 0.3 is 0 Å². The molecule has 104 valence electrons. The lowest BCUT2D eigenvalue weighted by Crippen LogP contribution is -2.33. The monoisotopic (exact) mass is 331 g/mol. The predicted octanol–water partition coefficient (Wildman–Crippen LogP) is 4.31. The van der Waals surface area contributed by atoms with Gasteiger partial charge in [-0.05, 0) is 23.8 Å². The molecule has 0 aromatic heterocycles. The number of fused-ring (bicyclic) bond motifs is 1. The summed E-state index contributed by atoms with van der Waals surface area (Å²) < 4.78 is 6.90. The van der Waals surface area contributed by atoms with Crippen LogP contribution < -0.4 is 10.1 Å². The second-order valence-corrected chi connectivity index (χ2v) is 6.23. The molecule has 1 N–H and O–H groups in total. The Morgan fingerprint density at radius 1 is 1.15 bits per heavy atom. The number of nitrogens with one attached hydrogen (secondary N) is 1. The summed E-state index contributed by atoms with van der Waals surface area (Å²) in [6.07, 6.45) is 0. The van der Waals surface area contributed by atoms with Crippen molar-refractivity contribution in [3.05, 3.63) is 64.1 Å². The third-order valence-electron chi connectivity index (χ3n) is 3.76. The molecule has 2 unspecified atom stereocenters. The molecule has 2 nitrogen and oxygen atoms in total. The van der Waals surface area contributed by atoms with E-state index >= 15 is 0 Å². The fourth-order valence-corrected chi connectivity index (χ4v) is 2.90. The Labute approximate surface area is 128 Å². The van der Waals surface area contributed by atoms with Crippen LogP contribution in [-0.2, 0) is 6.54 Å². The van der Waals surface area contributed by atoms with Gasteiger partial charge in [-0.1, -0.05) is 53.2 Å². The van der Waals surface area contributed by atoms with E-state index in [1.165, 1.54) is 11.1 Å². The van der Waals surface area contributed by atoms with Gasteiger partial charge in [-0.3, -0.25) is 0 Å². The van der Waals surface area contributed by atoms with Crippen LogP contribution >= 0.6 is 15.9 Å². The van der Waals surface area contributed by atoms with Gasteiger partial charge in [-0.15, -0.1) is 0 Å². The van der Waals surface area contributed by atoms with Gasteiger partial charge in [0.25, 0.3) is 0 Å². The van der Waals surface area contributed by atoms with Crippen molar-refractivity contribution < 1.29 is 4.74 Å². The Hall–Kier alpha value is -1.32. The topological polar surface area (TPSA) is 21.3 Å². The number of para-hydroxylation sites is 1. The first kappa shape index (κ1) is 13.7. The molecular formula is C17H18BrNO. The standard InChI is InChI=1S/C17H18BrNO/c1-12-11-20-16-5-3-2-4-15(16)17(12)19-10-13-6-8-14(18)9-7-13/h2-9,12,17,19H,10-11H2,1H3. The van der Waals surface area contributed by atoms with Gasteiger partial charge in [-0.25, -0.2) is 0 Å². The molecule has 0 bridgehead atoms. The summed E-state index contributed by atoms with van der Waals surface area (Å²) in [4.78, 5) is 0. The summed E-state index contributed by atoms with van der Waals surface area (Å²) >= 11 is 3.47. The fraction of sp³-hybridized carbons (Fsp3) is 0.294. The van der Waals surface area contributed by atoms with Crippen molar-refractivity contribution in [2.24, 2.45) is 5.92 Å². The number of ether oxygens (including phenoxy) is 1. The van der Waals surface area contributed by atoms with Crippen molar-refractivity contribution in [1.82, 2.24) is 5.32 Å². The SMILES string of the molecule is CC1COc2ccccc2C1NCc1ccc(Br)cc1. The van der Waals surface area contributed by atoms with Crippen LogP contribution in [0.1, 0.15) is 24.1 Å². The quantitative estimate of drug-likeness (QED) is 0.904. The number of benzene rings is 2. The van der Waals surface area contributed by atoms with Gasteiger partial charge < -0.3 is 10.1 Å². The molecule has 3 rings (SSSR count). The summed E-state index contributed by atoms with van der Waals surface area (Å²) in [5, 5.41) is 3.67. The first-order valence-electron chi connectivity index (χ1n) is 6.93. The summed E-state index contributed by atoms with van der Waals surface area (Å²) in [5.41, 5.74) is 2.56. The number of halogens is 1. The maximum absolute atomic E-state index is 5.79. The summed E-state index contributed by atoms with van der Waals surface area (Å²) in [5.74, 6) is 1.49. The van der Waals surface area contributed by atoms with Crippen LogP contribution in [-0.4, -0.2) is 6.61 Å². The lowest BCUT2D eigenvalue weighted by atomic mass is 9.92. The smallest absolute Gasteiger partial charge is 0.124 e. The van der Waals surface area contributed by atoms with Crippen molar-refractivity contribution in [2.75, 3.05) is 6.61 Å². The lowest BCUT2D eigenvalue weighted by molar-refractivity contribution is 0.188. The molecule has 0 saturated carbocycles. The molecule has 2 atom stereocenters. The molecule has 1 aliphatic heterocycles. The zero-order valence-corrected chi connectivity index (χ0v) is 13.1. The highest BCUT2D eigenvalue weighted by atomic mass is 79.9.